The molecule has 3 aromatic carbocycles. The van der Waals surface area contributed by atoms with E-state index in [0.29, 0.717) is 18.0 Å². The molecule has 12 heteroatoms. The van der Waals surface area contributed by atoms with Crippen molar-refractivity contribution in [1.82, 2.24) is 10.2 Å². The van der Waals surface area contributed by atoms with E-state index in [2.05, 4.69) is 20.8 Å². The molecule has 1 unspecified atom stereocenters. The second-order valence-electron chi connectivity index (χ2n) is 10.6. The lowest BCUT2D eigenvalue weighted by Crippen LogP contribution is -2.24. The van der Waals surface area contributed by atoms with Crippen molar-refractivity contribution < 1.29 is 28.8 Å². The van der Waals surface area contributed by atoms with Crippen molar-refractivity contribution in [2.45, 2.75) is 45.1 Å². The van der Waals surface area contributed by atoms with Gasteiger partial charge in [-0.3, -0.25) is 19.7 Å². The van der Waals surface area contributed by atoms with E-state index in [1.54, 1.807) is 31.2 Å². The highest BCUT2D eigenvalue weighted by molar-refractivity contribution is 6.02. The average Bonchev–Trinajstić information content (AvgIpc) is 3.49. The van der Waals surface area contributed by atoms with E-state index >= 15 is 0 Å². The summed E-state index contributed by atoms with van der Waals surface area (Å²) in [6.45, 7) is 2.12. The Morgan fingerprint density at radius 2 is 1.81 bits per heavy atom. The molecule has 1 aliphatic rings. The minimum absolute atomic E-state index is 0.00269. The van der Waals surface area contributed by atoms with Gasteiger partial charge in [0.05, 0.1) is 10.8 Å². The SMILES string of the molecule is CC(C(=O)O)C1CCC(c2ccc(NC(=O)c3nnc(Nc4cccc(OCc5ccccc5)c4)o3)c([N+](=O)[O-])c2)CC1. The fourth-order valence-electron chi connectivity index (χ4n) is 5.28. The zero-order valence-corrected chi connectivity index (χ0v) is 23.4. The Kier molecular flexibility index (Phi) is 8.94. The summed E-state index contributed by atoms with van der Waals surface area (Å²) in [5.74, 6) is -1.60. The summed E-state index contributed by atoms with van der Waals surface area (Å²) in [6, 6.07) is 21.5. The summed E-state index contributed by atoms with van der Waals surface area (Å²) < 4.78 is 11.3. The van der Waals surface area contributed by atoms with Crippen LogP contribution in [-0.4, -0.2) is 32.1 Å². The Morgan fingerprint density at radius 1 is 1.05 bits per heavy atom. The van der Waals surface area contributed by atoms with Gasteiger partial charge in [-0.15, -0.1) is 5.10 Å². The fourth-order valence-corrected chi connectivity index (χ4v) is 5.28. The topological polar surface area (TPSA) is 170 Å². The van der Waals surface area contributed by atoms with E-state index in [-0.39, 0.29) is 35.1 Å². The minimum Gasteiger partial charge on any atom is -0.489 e. The molecule has 0 bridgehead atoms. The largest absolute Gasteiger partial charge is 0.489 e. The molecule has 4 aromatic rings. The number of aromatic nitrogens is 2. The number of ether oxygens (including phenoxy) is 1. The van der Waals surface area contributed by atoms with Gasteiger partial charge in [-0.2, -0.15) is 0 Å². The summed E-state index contributed by atoms with van der Waals surface area (Å²) in [5, 5.41) is 34.2. The Morgan fingerprint density at radius 3 is 2.53 bits per heavy atom. The molecule has 5 rings (SSSR count). The fraction of sp³-hybridized carbons (Fsp3) is 0.290. The van der Waals surface area contributed by atoms with Crippen LogP contribution in [0.5, 0.6) is 5.75 Å². The molecular formula is C31H31N5O7. The van der Waals surface area contributed by atoms with Crippen molar-refractivity contribution >= 4 is 35.0 Å². The van der Waals surface area contributed by atoms with Gasteiger partial charge in [-0.1, -0.05) is 54.5 Å². The van der Waals surface area contributed by atoms with Crippen LogP contribution in [0.15, 0.2) is 77.2 Å². The number of anilines is 3. The minimum atomic E-state index is -0.804. The third kappa shape index (κ3) is 7.34. The second-order valence-corrected chi connectivity index (χ2v) is 10.6. The third-order valence-corrected chi connectivity index (χ3v) is 7.76. The predicted molar refractivity (Wildman–Crippen MR) is 157 cm³/mol. The van der Waals surface area contributed by atoms with Gasteiger partial charge in [0.1, 0.15) is 18.0 Å². The molecule has 1 heterocycles. The zero-order chi connectivity index (χ0) is 30.3. The smallest absolute Gasteiger partial charge is 0.320 e. The monoisotopic (exact) mass is 585 g/mol. The summed E-state index contributed by atoms with van der Waals surface area (Å²) in [6.07, 6.45) is 2.96. The number of hydrogen-bond donors (Lipinski definition) is 3. The maximum absolute atomic E-state index is 12.8. The lowest BCUT2D eigenvalue weighted by molar-refractivity contribution is -0.384. The number of carboxylic acids is 1. The molecule has 43 heavy (non-hydrogen) atoms. The maximum Gasteiger partial charge on any atom is 0.320 e. The first-order chi connectivity index (χ1) is 20.8. The molecule has 1 saturated carbocycles. The molecule has 1 amide bonds. The molecule has 0 spiro atoms. The number of nitro benzene ring substituents is 1. The average molecular weight is 586 g/mol. The van der Waals surface area contributed by atoms with Crippen LogP contribution in [0.2, 0.25) is 0 Å². The lowest BCUT2D eigenvalue weighted by Gasteiger charge is -2.30. The quantitative estimate of drug-likeness (QED) is 0.130. The molecule has 0 saturated heterocycles. The molecular weight excluding hydrogens is 554 g/mol. The van der Waals surface area contributed by atoms with Crippen molar-refractivity contribution in [2.24, 2.45) is 11.8 Å². The first-order valence-corrected chi connectivity index (χ1v) is 14.0. The number of carboxylic acid groups (broad SMARTS) is 1. The molecule has 1 aliphatic carbocycles. The van der Waals surface area contributed by atoms with Crippen LogP contribution in [0.1, 0.15) is 60.3 Å². The van der Waals surface area contributed by atoms with Gasteiger partial charge in [-0.25, -0.2) is 0 Å². The zero-order valence-electron chi connectivity index (χ0n) is 23.4. The first-order valence-electron chi connectivity index (χ1n) is 14.0. The van der Waals surface area contributed by atoms with E-state index < -0.39 is 22.7 Å². The summed E-state index contributed by atoms with van der Waals surface area (Å²) >= 11 is 0. The third-order valence-electron chi connectivity index (χ3n) is 7.76. The van der Waals surface area contributed by atoms with Crippen LogP contribution >= 0.6 is 0 Å². The number of nitrogens with zero attached hydrogens (tertiary/aromatic N) is 3. The number of carbonyl (C=O) groups is 2. The van der Waals surface area contributed by atoms with Gasteiger partial charge in [0.15, 0.2) is 0 Å². The highest BCUT2D eigenvalue weighted by atomic mass is 16.6. The van der Waals surface area contributed by atoms with Crippen LogP contribution in [-0.2, 0) is 11.4 Å². The number of amides is 1. The molecule has 1 aromatic heterocycles. The lowest BCUT2D eigenvalue weighted by atomic mass is 9.74. The van der Waals surface area contributed by atoms with E-state index in [1.807, 2.05) is 36.4 Å². The van der Waals surface area contributed by atoms with E-state index in [9.17, 15) is 24.8 Å². The predicted octanol–water partition coefficient (Wildman–Crippen LogP) is 6.55. The van der Waals surface area contributed by atoms with Gasteiger partial charge in [0.25, 0.3) is 5.69 Å². The number of nitro groups is 1. The van der Waals surface area contributed by atoms with Gasteiger partial charge in [-0.05, 0) is 66.8 Å². The molecule has 12 nitrogen and oxygen atoms in total. The Hall–Kier alpha value is -5.26. The number of carbonyl (C=O) groups excluding carboxylic acids is 1. The van der Waals surface area contributed by atoms with Crippen molar-refractivity contribution in [2.75, 3.05) is 10.6 Å². The van der Waals surface area contributed by atoms with E-state index in [4.69, 9.17) is 9.15 Å². The van der Waals surface area contributed by atoms with Gasteiger partial charge < -0.3 is 24.9 Å². The van der Waals surface area contributed by atoms with Gasteiger partial charge in [0, 0.05) is 17.8 Å². The second kappa shape index (κ2) is 13.1. The molecule has 1 atom stereocenters. The number of aliphatic carboxylic acids is 1. The maximum atomic E-state index is 12.8. The molecule has 0 radical (unpaired) electrons. The summed E-state index contributed by atoms with van der Waals surface area (Å²) in [7, 11) is 0. The van der Waals surface area contributed by atoms with E-state index in [1.165, 1.54) is 12.1 Å². The standard InChI is InChI=1S/C31H31N5O7/c1-19(30(38)39)21-10-12-22(13-11-21)23-14-15-26(27(16-23)36(40)41)33-28(37)29-34-35-31(43-29)32-24-8-5-9-25(17-24)42-18-20-6-3-2-4-7-20/h2-9,14-17,19,21-22H,10-13,18H2,1H3,(H,32,35)(H,33,37)(H,38,39). The number of benzene rings is 3. The van der Waals surface area contributed by atoms with Crippen molar-refractivity contribution in [3.05, 3.63) is 99.9 Å². The van der Waals surface area contributed by atoms with Crippen LogP contribution in [0, 0.1) is 22.0 Å². The van der Waals surface area contributed by atoms with Crippen LogP contribution in [0.4, 0.5) is 23.1 Å². The Balaban J connectivity index is 1.20. The number of hydrogen-bond acceptors (Lipinski definition) is 9. The van der Waals surface area contributed by atoms with Crippen molar-refractivity contribution in [3.63, 3.8) is 0 Å². The molecule has 0 aliphatic heterocycles. The number of nitrogens with one attached hydrogen (secondary N) is 2. The highest BCUT2D eigenvalue weighted by Gasteiger charge is 2.30. The Bertz CT molecular complexity index is 1600. The number of rotatable bonds is 11. The molecule has 222 valence electrons. The van der Waals surface area contributed by atoms with Crippen molar-refractivity contribution in [1.29, 1.82) is 0 Å². The van der Waals surface area contributed by atoms with Crippen molar-refractivity contribution in [3.8, 4) is 5.75 Å². The highest BCUT2D eigenvalue weighted by Crippen LogP contribution is 2.40. The summed E-state index contributed by atoms with van der Waals surface area (Å²) in [4.78, 5) is 35.5. The van der Waals surface area contributed by atoms with Crippen LogP contribution < -0.4 is 15.4 Å². The molecule has 1 fully saturated rings. The van der Waals surface area contributed by atoms with E-state index in [0.717, 1.165) is 36.8 Å². The van der Waals surface area contributed by atoms with Gasteiger partial charge in [0.2, 0.25) is 0 Å². The van der Waals surface area contributed by atoms with Crippen LogP contribution in [0.25, 0.3) is 0 Å². The first kappa shape index (κ1) is 29.2. The normalized spacial score (nSPS) is 17.0. The van der Waals surface area contributed by atoms with Gasteiger partial charge >= 0.3 is 23.8 Å². The van der Waals surface area contributed by atoms with Crippen LogP contribution in [0.3, 0.4) is 0 Å². The Labute approximate surface area is 247 Å². The summed E-state index contributed by atoms with van der Waals surface area (Å²) in [5.41, 5.74) is 2.15. The molecule has 3 N–H and O–H groups in total.